The molecule has 0 aromatic carbocycles. The minimum absolute atomic E-state index is 0.0857. The maximum atomic E-state index is 12.7. The van der Waals surface area contributed by atoms with E-state index in [0.29, 0.717) is 16.7 Å². The first kappa shape index (κ1) is 14.9. The Bertz CT molecular complexity index is 739. The molecule has 4 rings (SSSR count). The van der Waals surface area contributed by atoms with Crippen LogP contribution in [0.25, 0.3) is 0 Å². The van der Waals surface area contributed by atoms with Gasteiger partial charge >= 0.3 is 0 Å². The predicted octanol–water partition coefficient (Wildman–Crippen LogP) is 4.54. The number of carbonyl (C=O) groups is 1. The number of hydrogen-bond donors (Lipinski definition) is 1. The Morgan fingerprint density at radius 2 is 1.87 bits per heavy atom. The molecule has 5 nitrogen and oxygen atoms in total. The van der Waals surface area contributed by atoms with Crippen LogP contribution in [0.1, 0.15) is 82.2 Å². The summed E-state index contributed by atoms with van der Waals surface area (Å²) in [5.41, 5.74) is 2.34. The lowest BCUT2D eigenvalue weighted by molar-refractivity contribution is 0.102. The monoisotopic (exact) mass is 331 g/mol. The third-order valence-corrected chi connectivity index (χ3v) is 6.12. The number of nitrogens with one attached hydrogen (secondary N) is 1. The average Bonchev–Trinajstić information content (AvgIpc) is 2.95. The number of thiazole rings is 1. The molecule has 2 heterocycles. The molecular formula is C17H21N3O2S. The van der Waals surface area contributed by atoms with Gasteiger partial charge in [-0.25, -0.2) is 4.98 Å². The highest BCUT2D eigenvalue weighted by Gasteiger charge is 2.33. The fourth-order valence-corrected chi connectivity index (χ4v) is 4.44. The van der Waals surface area contributed by atoms with Gasteiger partial charge in [0.05, 0.1) is 10.7 Å². The number of aryl methyl sites for hydroxylation is 2. The fourth-order valence-electron chi connectivity index (χ4n) is 3.31. The van der Waals surface area contributed by atoms with E-state index in [2.05, 4.69) is 15.5 Å². The molecule has 6 heteroatoms. The van der Waals surface area contributed by atoms with E-state index in [4.69, 9.17) is 4.52 Å². The van der Waals surface area contributed by atoms with E-state index in [-0.39, 0.29) is 5.91 Å². The zero-order valence-electron chi connectivity index (χ0n) is 13.5. The smallest absolute Gasteiger partial charge is 0.267 e. The van der Waals surface area contributed by atoms with E-state index in [1.54, 1.807) is 11.3 Å². The molecule has 0 aliphatic heterocycles. The van der Waals surface area contributed by atoms with Gasteiger partial charge in [0.1, 0.15) is 16.3 Å². The highest BCUT2D eigenvalue weighted by Crippen LogP contribution is 2.44. The second-order valence-electron chi connectivity index (χ2n) is 6.68. The predicted molar refractivity (Wildman–Crippen MR) is 89.2 cm³/mol. The number of hydrogen-bond acceptors (Lipinski definition) is 5. The van der Waals surface area contributed by atoms with Crippen LogP contribution in [-0.2, 0) is 0 Å². The molecule has 23 heavy (non-hydrogen) atoms. The van der Waals surface area contributed by atoms with Gasteiger partial charge in [0.2, 0.25) is 0 Å². The van der Waals surface area contributed by atoms with Crippen LogP contribution >= 0.6 is 11.3 Å². The third-order valence-electron chi connectivity index (χ3n) is 4.80. The van der Waals surface area contributed by atoms with Gasteiger partial charge in [-0.3, -0.25) is 4.79 Å². The number of nitrogens with zero attached hydrogens (tertiary/aromatic N) is 2. The Kier molecular flexibility index (Phi) is 3.71. The van der Waals surface area contributed by atoms with Crippen molar-refractivity contribution in [2.75, 3.05) is 5.32 Å². The first-order chi connectivity index (χ1) is 11.1. The summed E-state index contributed by atoms with van der Waals surface area (Å²) < 4.78 is 5.40. The summed E-state index contributed by atoms with van der Waals surface area (Å²) in [4.78, 5) is 18.1. The van der Waals surface area contributed by atoms with E-state index in [0.717, 1.165) is 40.7 Å². The van der Waals surface area contributed by atoms with Crippen molar-refractivity contribution in [2.24, 2.45) is 0 Å². The summed E-state index contributed by atoms with van der Waals surface area (Å²) in [6.45, 7) is 3.79. The highest BCUT2D eigenvalue weighted by atomic mass is 32.1. The molecule has 2 aliphatic rings. The fraction of sp³-hybridized carbons (Fsp3) is 0.588. The molecule has 0 bridgehead atoms. The van der Waals surface area contributed by atoms with Crippen LogP contribution in [-0.4, -0.2) is 16.0 Å². The van der Waals surface area contributed by atoms with Gasteiger partial charge < -0.3 is 9.84 Å². The van der Waals surface area contributed by atoms with Gasteiger partial charge in [-0.15, -0.1) is 11.3 Å². The minimum Gasteiger partial charge on any atom is -0.359 e. The Hall–Kier alpha value is -1.69. The van der Waals surface area contributed by atoms with Gasteiger partial charge in [0.25, 0.3) is 5.91 Å². The second-order valence-corrected chi connectivity index (χ2v) is 7.71. The zero-order chi connectivity index (χ0) is 16.0. The van der Waals surface area contributed by atoms with Crippen molar-refractivity contribution < 1.29 is 9.32 Å². The van der Waals surface area contributed by atoms with Crippen LogP contribution < -0.4 is 5.32 Å². The van der Waals surface area contributed by atoms with Crippen LogP contribution in [0.5, 0.6) is 0 Å². The number of anilines is 1. The molecule has 1 amide bonds. The van der Waals surface area contributed by atoms with Gasteiger partial charge in [0, 0.05) is 11.8 Å². The maximum absolute atomic E-state index is 12.7. The van der Waals surface area contributed by atoms with E-state index in [9.17, 15) is 4.79 Å². The molecule has 122 valence electrons. The topological polar surface area (TPSA) is 68.0 Å². The Balaban J connectivity index is 1.56. The summed E-state index contributed by atoms with van der Waals surface area (Å²) in [6, 6.07) is 0. The number of amides is 1. The molecule has 2 aliphatic carbocycles. The number of carbonyl (C=O) groups excluding carboxylic acids is 1. The molecule has 1 N–H and O–H groups in total. The quantitative estimate of drug-likeness (QED) is 0.893. The van der Waals surface area contributed by atoms with Gasteiger partial charge in [-0.2, -0.15) is 0 Å². The lowest BCUT2D eigenvalue weighted by Gasteiger charge is -2.04. The van der Waals surface area contributed by atoms with Crippen LogP contribution in [0.15, 0.2) is 4.52 Å². The average molecular weight is 331 g/mol. The SMILES string of the molecule is Cc1nc(C2CCCC2)sc1C(=O)Nc1c(C)noc1C1CC1. The first-order valence-corrected chi connectivity index (χ1v) is 9.20. The second kappa shape index (κ2) is 5.74. The number of aromatic nitrogens is 2. The molecule has 2 fully saturated rings. The first-order valence-electron chi connectivity index (χ1n) is 8.38. The summed E-state index contributed by atoms with van der Waals surface area (Å²) >= 11 is 1.55. The molecular weight excluding hydrogens is 310 g/mol. The Labute approximate surface area is 139 Å². The standard InChI is InChI=1S/C17H21N3O2S/c1-9-13(14(22-20-9)11-7-8-11)19-16(21)15-10(2)18-17(23-15)12-5-3-4-6-12/h11-12H,3-8H2,1-2H3,(H,19,21). The van der Waals surface area contributed by atoms with Crippen molar-refractivity contribution in [2.45, 2.75) is 64.2 Å². The molecule has 0 unspecified atom stereocenters. The molecule has 2 aromatic rings. The molecule has 0 saturated heterocycles. The van der Waals surface area contributed by atoms with Crippen LogP contribution in [0.4, 0.5) is 5.69 Å². The normalized spacial score (nSPS) is 18.5. The lowest BCUT2D eigenvalue weighted by atomic mass is 10.1. The molecule has 0 radical (unpaired) electrons. The number of rotatable bonds is 4. The van der Waals surface area contributed by atoms with Crippen molar-refractivity contribution in [1.82, 2.24) is 10.1 Å². The summed E-state index contributed by atoms with van der Waals surface area (Å²) in [5, 5.41) is 8.15. The van der Waals surface area contributed by atoms with E-state index < -0.39 is 0 Å². The van der Waals surface area contributed by atoms with E-state index >= 15 is 0 Å². The Morgan fingerprint density at radius 3 is 2.57 bits per heavy atom. The van der Waals surface area contributed by atoms with Gasteiger partial charge in [-0.1, -0.05) is 18.0 Å². The van der Waals surface area contributed by atoms with Crippen LogP contribution in [0.2, 0.25) is 0 Å². The van der Waals surface area contributed by atoms with Gasteiger partial charge in [0.15, 0.2) is 5.76 Å². The van der Waals surface area contributed by atoms with E-state index in [1.807, 2.05) is 13.8 Å². The zero-order valence-corrected chi connectivity index (χ0v) is 14.3. The largest absolute Gasteiger partial charge is 0.359 e. The highest BCUT2D eigenvalue weighted by molar-refractivity contribution is 7.14. The van der Waals surface area contributed by atoms with Crippen molar-refractivity contribution >= 4 is 22.9 Å². The van der Waals surface area contributed by atoms with Crippen molar-refractivity contribution in [1.29, 1.82) is 0 Å². The van der Waals surface area contributed by atoms with E-state index in [1.165, 1.54) is 25.7 Å². The van der Waals surface area contributed by atoms with Gasteiger partial charge in [-0.05, 0) is 39.5 Å². The minimum atomic E-state index is -0.0857. The lowest BCUT2D eigenvalue weighted by Crippen LogP contribution is -2.13. The third kappa shape index (κ3) is 2.80. The molecule has 0 atom stereocenters. The molecule has 2 aromatic heterocycles. The van der Waals surface area contributed by atoms with Crippen molar-refractivity contribution in [3.8, 4) is 0 Å². The molecule has 2 saturated carbocycles. The Morgan fingerprint density at radius 1 is 1.13 bits per heavy atom. The van der Waals surface area contributed by atoms with Crippen molar-refractivity contribution in [3.05, 3.63) is 27.0 Å². The summed E-state index contributed by atoms with van der Waals surface area (Å²) in [5.74, 6) is 1.70. The van der Waals surface area contributed by atoms with Crippen molar-refractivity contribution in [3.63, 3.8) is 0 Å². The summed E-state index contributed by atoms with van der Waals surface area (Å²) in [7, 11) is 0. The van der Waals surface area contributed by atoms with Crippen LogP contribution in [0.3, 0.4) is 0 Å². The molecule has 0 spiro atoms. The summed E-state index contributed by atoms with van der Waals surface area (Å²) in [6.07, 6.45) is 7.17. The van der Waals surface area contributed by atoms with Crippen LogP contribution in [0, 0.1) is 13.8 Å². The maximum Gasteiger partial charge on any atom is 0.267 e.